The quantitative estimate of drug-likeness (QED) is 0.708. The van der Waals surface area contributed by atoms with E-state index < -0.39 is 0 Å². The number of nitrogens with two attached hydrogens (primary N) is 1. The zero-order chi connectivity index (χ0) is 10.8. The molecule has 0 saturated heterocycles. The lowest BCUT2D eigenvalue weighted by molar-refractivity contribution is 0.864. The summed E-state index contributed by atoms with van der Waals surface area (Å²) in [5, 5.41) is 13.1. The van der Waals surface area contributed by atoms with Crippen LogP contribution in [0.5, 0.6) is 0 Å². The van der Waals surface area contributed by atoms with E-state index in [2.05, 4.69) is 5.10 Å². The summed E-state index contributed by atoms with van der Waals surface area (Å²) in [6.07, 6.45) is 1.82. The zero-order valence-electron chi connectivity index (χ0n) is 8.31. The van der Waals surface area contributed by atoms with Crippen LogP contribution in [0.4, 0.5) is 5.69 Å². The second-order valence-electron chi connectivity index (χ2n) is 3.25. The molecule has 2 aromatic rings. The molecule has 1 aromatic carbocycles. The van der Waals surface area contributed by atoms with E-state index in [1.54, 1.807) is 16.8 Å². The summed E-state index contributed by atoms with van der Waals surface area (Å²) < 4.78 is 1.67. The number of aryl methyl sites for hydroxylation is 1. The average molecular weight is 198 g/mol. The Balaban J connectivity index is 2.59. The third kappa shape index (κ3) is 1.55. The molecule has 0 aliphatic rings. The number of nitriles is 1. The van der Waals surface area contributed by atoms with Crippen molar-refractivity contribution in [1.29, 1.82) is 5.26 Å². The maximum absolute atomic E-state index is 8.84. The van der Waals surface area contributed by atoms with E-state index >= 15 is 0 Å². The van der Waals surface area contributed by atoms with Gasteiger partial charge in [-0.2, -0.15) is 10.4 Å². The van der Waals surface area contributed by atoms with Gasteiger partial charge in [0.25, 0.3) is 0 Å². The summed E-state index contributed by atoms with van der Waals surface area (Å²) in [4.78, 5) is 0. The van der Waals surface area contributed by atoms with Crippen molar-refractivity contribution in [3.05, 3.63) is 41.7 Å². The number of nitrogen functional groups attached to an aromatic ring is 1. The normalized spacial score (nSPS) is 9.87. The molecular weight excluding hydrogens is 188 g/mol. The number of aromatic nitrogens is 2. The minimum atomic E-state index is 0.461. The molecule has 0 aliphatic heterocycles. The van der Waals surface area contributed by atoms with E-state index in [1.165, 1.54) is 0 Å². The summed E-state index contributed by atoms with van der Waals surface area (Å²) >= 11 is 0. The van der Waals surface area contributed by atoms with Gasteiger partial charge in [-0.15, -0.1) is 0 Å². The molecule has 74 valence electrons. The largest absolute Gasteiger partial charge is 0.396 e. The van der Waals surface area contributed by atoms with E-state index in [0.717, 1.165) is 11.4 Å². The van der Waals surface area contributed by atoms with Gasteiger partial charge in [-0.25, -0.2) is 4.68 Å². The SMILES string of the molecule is Cc1ccn(-c2cccc(C#N)c2N)n1. The number of para-hydroxylation sites is 1. The first-order chi connectivity index (χ1) is 7.22. The Hall–Kier alpha value is -2.28. The summed E-state index contributed by atoms with van der Waals surface area (Å²) in [5.74, 6) is 0. The lowest BCUT2D eigenvalue weighted by atomic mass is 10.1. The highest BCUT2D eigenvalue weighted by Crippen LogP contribution is 2.20. The van der Waals surface area contributed by atoms with Crippen LogP contribution < -0.4 is 5.73 Å². The maximum atomic E-state index is 8.84. The van der Waals surface area contributed by atoms with Crippen LogP contribution in [-0.4, -0.2) is 9.78 Å². The van der Waals surface area contributed by atoms with Crippen LogP contribution in [0.3, 0.4) is 0 Å². The number of nitrogens with zero attached hydrogens (tertiary/aromatic N) is 3. The predicted octanol–water partition coefficient (Wildman–Crippen LogP) is 1.63. The molecule has 0 unspecified atom stereocenters. The average Bonchev–Trinajstić information content (AvgIpc) is 2.65. The summed E-state index contributed by atoms with van der Waals surface area (Å²) in [6, 6.07) is 9.25. The van der Waals surface area contributed by atoms with Gasteiger partial charge in [0.05, 0.1) is 22.6 Å². The lowest BCUT2D eigenvalue weighted by Gasteiger charge is -2.06. The maximum Gasteiger partial charge on any atom is 0.101 e. The van der Waals surface area contributed by atoms with Gasteiger partial charge in [-0.1, -0.05) is 6.07 Å². The van der Waals surface area contributed by atoms with Crippen LogP contribution >= 0.6 is 0 Å². The van der Waals surface area contributed by atoms with Crippen LogP contribution in [-0.2, 0) is 0 Å². The van der Waals surface area contributed by atoms with E-state index in [0.29, 0.717) is 11.3 Å². The van der Waals surface area contributed by atoms with Crippen molar-refractivity contribution < 1.29 is 0 Å². The Morgan fingerprint density at radius 1 is 1.40 bits per heavy atom. The monoisotopic (exact) mass is 198 g/mol. The van der Waals surface area contributed by atoms with Crippen LogP contribution in [0.1, 0.15) is 11.3 Å². The van der Waals surface area contributed by atoms with Crippen molar-refractivity contribution in [2.75, 3.05) is 5.73 Å². The Labute approximate surface area is 87.6 Å². The molecular formula is C11H10N4. The van der Waals surface area contributed by atoms with E-state index in [4.69, 9.17) is 11.0 Å². The molecule has 0 saturated carbocycles. The molecule has 1 heterocycles. The summed E-state index contributed by atoms with van der Waals surface area (Å²) in [6.45, 7) is 1.90. The Morgan fingerprint density at radius 2 is 2.20 bits per heavy atom. The highest BCUT2D eigenvalue weighted by Gasteiger charge is 2.06. The fourth-order valence-electron chi connectivity index (χ4n) is 1.40. The van der Waals surface area contributed by atoms with Crippen LogP contribution in [0.25, 0.3) is 5.69 Å². The third-order valence-electron chi connectivity index (χ3n) is 2.17. The van der Waals surface area contributed by atoms with Gasteiger partial charge < -0.3 is 5.73 Å². The van der Waals surface area contributed by atoms with Gasteiger partial charge in [0.2, 0.25) is 0 Å². The molecule has 0 bridgehead atoms. The molecule has 4 heteroatoms. The van der Waals surface area contributed by atoms with Gasteiger partial charge in [-0.3, -0.25) is 0 Å². The van der Waals surface area contributed by atoms with Crippen molar-refractivity contribution in [2.45, 2.75) is 6.92 Å². The minimum absolute atomic E-state index is 0.461. The lowest BCUT2D eigenvalue weighted by Crippen LogP contribution is -2.02. The Bertz CT molecular complexity index is 534. The predicted molar refractivity (Wildman–Crippen MR) is 57.4 cm³/mol. The molecule has 0 amide bonds. The van der Waals surface area contributed by atoms with Gasteiger partial charge in [0.15, 0.2) is 0 Å². The standard InChI is InChI=1S/C11H10N4/c1-8-5-6-15(14-8)10-4-2-3-9(7-12)11(10)13/h2-6H,13H2,1H3. The molecule has 0 radical (unpaired) electrons. The number of anilines is 1. The smallest absolute Gasteiger partial charge is 0.101 e. The van der Waals surface area contributed by atoms with Crippen molar-refractivity contribution >= 4 is 5.69 Å². The zero-order valence-corrected chi connectivity index (χ0v) is 8.31. The van der Waals surface area contributed by atoms with Crippen LogP contribution in [0, 0.1) is 18.3 Å². The minimum Gasteiger partial charge on any atom is -0.396 e. The summed E-state index contributed by atoms with van der Waals surface area (Å²) in [5.41, 5.74) is 8.44. The molecule has 0 fully saturated rings. The van der Waals surface area contributed by atoms with Gasteiger partial charge >= 0.3 is 0 Å². The van der Waals surface area contributed by atoms with Gasteiger partial charge in [-0.05, 0) is 25.1 Å². The van der Waals surface area contributed by atoms with E-state index in [9.17, 15) is 0 Å². The Kier molecular flexibility index (Phi) is 2.14. The van der Waals surface area contributed by atoms with Crippen LogP contribution in [0.2, 0.25) is 0 Å². The fraction of sp³-hybridized carbons (Fsp3) is 0.0909. The van der Waals surface area contributed by atoms with Crippen molar-refractivity contribution in [1.82, 2.24) is 9.78 Å². The Morgan fingerprint density at radius 3 is 2.80 bits per heavy atom. The first kappa shape index (κ1) is 9.28. The molecule has 15 heavy (non-hydrogen) atoms. The first-order valence-electron chi connectivity index (χ1n) is 4.53. The summed E-state index contributed by atoms with van der Waals surface area (Å²) in [7, 11) is 0. The second-order valence-corrected chi connectivity index (χ2v) is 3.25. The van der Waals surface area contributed by atoms with E-state index in [-0.39, 0.29) is 0 Å². The van der Waals surface area contributed by atoms with Gasteiger partial charge in [0.1, 0.15) is 6.07 Å². The van der Waals surface area contributed by atoms with Crippen molar-refractivity contribution in [3.63, 3.8) is 0 Å². The number of hydrogen-bond acceptors (Lipinski definition) is 3. The molecule has 0 aliphatic carbocycles. The number of rotatable bonds is 1. The number of benzene rings is 1. The highest BCUT2D eigenvalue weighted by atomic mass is 15.3. The molecule has 0 atom stereocenters. The topological polar surface area (TPSA) is 67.6 Å². The second kappa shape index (κ2) is 3.46. The van der Waals surface area contributed by atoms with Gasteiger partial charge in [0, 0.05) is 6.20 Å². The molecule has 1 aromatic heterocycles. The first-order valence-corrected chi connectivity index (χ1v) is 4.53. The molecule has 4 nitrogen and oxygen atoms in total. The third-order valence-corrected chi connectivity index (χ3v) is 2.17. The molecule has 2 rings (SSSR count). The van der Waals surface area contributed by atoms with Crippen LogP contribution in [0.15, 0.2) is 30.5 Å². The number of hydrogen-bond donors (Lipinski definition) is 1. The molecule has 0 spiro atoms. The van der Waals surface area contributed by atoms with E-state index in [1.807, 2.05) is 31.3 Å². The highest BCUT2D eigenvalue weighted by molar-refractivity contribution is 5.66. The fourth-order valence-corrected chi connectivity index (χ4v) is 1.40. The molecule has 2 N–H and O–H groups in total. The van der Waals surface area contributed by atoms with Crippen molar-refractivity contribution in [2.24, 2.45) is 0 Å². The van der Waals surface area contributed by atoms with Crippen molar-refractivity contribution in [3.8, 4) is 11.8 Å².